The molecule has 33 heavy (non-hydrogen) atoms. The van der Waals surface area contributed by atoms with E-state index < -0.39 is 0 Å². The number of hydrogen-bond acceptors (Lipinski definition) is 7. The summed E-state index contributed by atoms with van der Waals surface area (Å²) in [4.78, 5) is 34.9. The van der Waals surface area contributed by atoms with Crippen LogP contribution in [-0.2, 0) is 23.4 Å². The molecule has 3 aromatic rings. The summed E-state index contributed by atoms with van der Waals surface area (Å²) < 4.78 is 11.1. The molecule has 0 saturated carbocycles. The summed E-state index contributed by atoms with van der Waals surface area (Å²) in [6.45, 7) is 4.88. The lowest BCUT2D eigenvalue weighted by molar-refractivity contribution is -0.115. The van der Waals surface area contributed by atoms with E-state index in [9.17, 15) is 9.59 Å². The molecule has 2 aromatic heterocycles. The SMILES string of the molecule is CCOc1ccc(OCC)c(NC(=O)CCSCc2nc3sc4c(c3c(=O)[nH]2)CCCC4)c1. The van der Waals surface area contributed by atoms with Crippen LogP contribution in [0.25, 0.3) is 10.2 Å². The van der Waals surface area contributed by atoms with Crippen LogP contribution in [0.4, 0.5) is 5.69 Å². The van der Waals surface area contributed by atoms with Gasteiger partial charge in [0, 0.05) is 23.1 Å². The van der Waals surface area contributed by atoms with Gasteiger partial charge < -0.3 is 19.8 Å². The monoisotopic (exact) mass is 487 g/mol. The third-order valence-electron chi connectivity index (χ3n) is 5.42. The van der Waals surface area contributed by atoms with E-state index in [1.165, 1.54) is 16.9 Å². The van der Waals surface area contributed by atoms with Gasteiger partial charge in [0.1, 0.15) is 22.2 Å². The Balaban J connectivity index is 1.33. The normalized spacial score (nSPS) is 13.0. The molecule has 176 valence electrons. The molecule has 0 saturated heterocycles. The van der Waals surface area contributed by atoms with Gasteiger partial charge in [0.05, 0.1) is 30.0 Å². The van der Waals surface area contributed by atoms with Crippen molar-refractivity contribution in [2.24, 2.45) is 0 Å². The number of thiophene rings is 1. The van der Waals surface area contributed by atoms with Gasteiger partial charge in [-0.3, -0.25) is 9.59 Å². The number of aryl methyl sites for hydroxylation is 2. The number of H-pyrrole nitrogens is 1. The highest BCUT2D eigenvalue weighted by Gasteiger charge is 2.19. The van der Waals surface area contributed by atoms with E-state index >= 15 is 0 Å². The van der Waals surface area contributed by atoms with Crippen LogP contribution in [0.15, 0.2) is 23.0 Å². The Bertz CT molecular complexity index is 1190. The molecule has 2 heterocycles. The number of carbonyl (C=O) groups excluding carboxylic acids is 1. The summed E-state index contributed by atoms with van der Waals surface area (Å²) in [5.41, 5.74) is 1.77. The molecule has 0 radical (unpaired) electrons. The van der Waals surface area contributed by atoms with E-state index in [4.69, 9.17) is 14.5 Å². The molecule has 1 aliphatic carbocycles. The summed E-state index contributed by atoms with van der Waals surface area (Å²) in [7, 11) is 0. The topological polar surface area (TPSA) is 93.3 Å². The number of thioether (sulfide) groups is 1. The van der Waals surface area contributed by atoms with Crippen molar-refractivity contribution in [1.82, 2.24) is 9.97 Å². The number of hydrogen-bond donors (Lipinski definition) is 2. The first kappa shape index (κ1) is 23.6. The second-order valence-corrected chi connectivity index (χ2v) is 9.97. The predicted molar refractivity (Wildman–Crippen MR) is 135 cm³/mol. The summed E-state index contributed by atoms with van der Waals surface area (Å²) >= 11 is 3.23. The zero-order valence-electron chi connectivity index (χ0n) is 19.0. The molecule has 7 nitrogen and oxygen atoms in total. The molecule has 4 rings (SSSR count). The molecule has 0 unspecified atom stereocenters. The third kappa shape index (κ3) is 5.70. The molecule has 0 spiro atoms. The standard InChI is InChI=1S/C24H29N3O4S2/c1-3-30-15-9-10-18(31-4-2)17(13-15)25-21(28)11-12-32-14-20-26-23(29)22-16-7-5-6-8-19(16)33-24(22)27-20/h9-10,13H,3-8,11-12,14H2,1-2H3,(H,25,28)(H,26,27,29). The predicted octanol–water partition coefficient (Wildman–Crippen LogP) is 4.92. The smallest absolute Gasteiger partial charge is 0.259 e. The first-order valence-corrected chi connectivity index (χ1v) is 13.4. The third-order valence-corrected chi connectivity index (χ3v) is 7.58. The van der Waals surface area contributed by atoms with Crippen molar-refractivity contribution in [1.29, 1.82) is 0 Å². The fourth-order valence-electron chi connectivity index (χ4n) is 3.97. The van der Waals surface area contributed by atoms with Crippen molar-refractivity contribution in [2.75, 3.05) is 24.3 Å². The number of rotatable bonds is 10. The number of carbonyl (C=O) groups is 1. The fourth-order valence-corrected chi connectivity index (χ4v) is 6.05. The number of anilines is 1. The van der Waals surface area contributed by atoms with Crippen LogP contribution in [0.3, 0.4) is 0 Å². The first-order chi connectivity index (χ1) is 16.1. The Morgan fingerprint density at radius 3 is 2.85 bits per heavy atom. The maximum Gasteiger partial charge on any atom is 0.259 e. The molecular weight excluding hydrogens is 458 g/mol. The Morgan fingerprint density at radius 1 is 1.21 bits per heavy atom. The highest BCUT2D eigenvalue weighted by molar-refractivity contribution is 7.98. The molecule has 1 amide bonds. The zero-order valence-corrected chi connectivity index (χ0v) is 20.6. The van der Waals surface area contributed by atoms with Crippen LogP contribution in [0.5, 0.6) is 11.5 Å². The summed E-state index contributed by atoms with van der Waals surface area (Å²) in [5, 5.41) is 3.70. The zero-order chi connectivity index (χ0) is 23.2. The molecule has 1 aromatic carbocycles. The summed E-state index contributed by atoms with van der Waals surface area (Å²) in [6.07, 6.45) is 4.69. The van der Waals surface area contributed by atoms with Gasteiger partial charge in [-0.2, -0.15) is 11.8 Å². The Kier molecular flexibility index (Phi) is 7.93. The molecule has 0 fully saturated rings. The number of benzene rings is 1. The quantitative estimate of drug-likeness (QED) is 0.394. The lowest BCUT2D eigenvalue weighted by Gasteiger charge is -2.13. The van der Waals surface area contributed by atoms with Crippen LogP contribution < -0.4 is 20.3 Å². The second-order valence-electron chi connectivity index (χ2n) is 7.78. The molecule has 0 atom stereocenters. The van der Waals surface area contributed by atoms with Crippen molar-refractivity contribution < 1.29 is 14.3 Å². The highest BCUT2D eigenvalue weighted by Crippen LogP contribution is 2.34. The molecule has 0 aliphatic heterocycles. The lowest BCUT2D eigenvalue weighted by atomic mass is 9.97. The number of aromatic nitrogens is 2. The van der Waals surface area contributed by atoms with Crippen molar-refractivity contribution in [3.63, 3.8) is 0 Å². The first-order valence-electron chi connectivity index (χ1n) is 11.4. The molecule has 9 heteroatoms. The van der Waals surface area contributed by atoms with Crippen molar-refractivity contribution in [2.45, 2.75) is 51.7 Å². The Hall–Kier alpha value is -2.52. The highest BCUT2D eigenvalue weighted by atomic mass is 32.2. The van der Waals surface area contributed by atoms with Crippen LogP contribution in [0, 0.1) is 0 Å². The van der Waals surface area contributed by atoms with E-state index in [2.05, 4.69) is 10.3 Å². The molecule has 2 N–H and O–H groups in total. The Morgan fingerprint density at radius 2 is 2.03 bits per heavy atom. The average Bonchev–Trinajstić information content (AvgIpc) is 3.18. The van der Waals surface area contributed by atoms with Crippen LogP contribution >= 0.6 is 23.1 Å². The van der Waals surface area contributed by atoms with Gasteiger partial charge in [-0.15, -0.1) is 11.3 Å². The van der Waals surface area contributed by atoms with E-state index in [-0.39, 0.29) is 11.5 Å². The van der Waals surface area contributed by atoms with Gasteiger partial charge >= 0.3 is 0 Å². The summed E-state index contributed by atoms with van der Waals surface area (Å²) in [5.74, 6) is 3.05. The van der Waals surface area contributed by atoms with Gasteiger partial charge in [-0.05, 0) is 57.2 Å². The van der Waals surface area contributed by atoms with E-state index in [0.29, 0.717) is 54.2 Å². The van der Waals surface area contributed by atoms with Gasteiger partial charge in [-0.1, -0.05) is 0 Å². The van der Waals surface area contributed by atoms with Crippen LogP contribution in [0.2, 0.25) is 0 Å². The minimum Gasteiger partial charge on any atom is -0.494 e. The van der Waals surface area contributed by atoms with E-state index in [1.54, 1.807) is 35.2 Å². The van der Waals surface area contributed by atoms with Gasteiger partial charge in [0.2, 0.25) is 5.91 Å². The molecular formula is C24H29N3O4S2. The van der Waals surface area contributed by atoms with Crippen molar-refractivity contribution in [3.8, 4) is 11.5 Å². The molecule has 0 bridgehead atoms. The van der Waals surface area contributed by atoms with Crippen LogP contribution in [-0.4, -0.2) is 34.8 Å². The van der Waals surface area contributed by atoms with E-state index in [0.717, 1.165) is 29.5 Å². The number of ether oxygens (including phenoxy) is 2. The minimum absolute atomic E-state index is 0.0367. The van der Waals surface area contributed by atoms with Crippen LogP contribution in [0.1, 0.15) is 49.4 Å². The van der Waals surface area contributed by atoms with Crippen molar-refractivity contribution >= 4 is 44.9 Å². The molecule has 1 aliphatic rings. The van der Waals surface area contributed by atoms with Gasteiger partial charge in [-0.25, -0.2) is 4.98 Å². The number of nitrogens with zero attached hydrogens (tertiary/aromatic N) is 1. The maximum absolute atomic E-state index is 12.7. The maximum atomic E-state index is 12.7. The lowest BCUT2D eigenvalue weighted by Crippen LogP contribution is -2.14. The number of amides is 1. The van der Waals surface area contributed by atoms with Gasteiger partial charge in [0.15, 0.2) is 0 Å². The Labute approximate surface area is 201 Å². The summed E-state index contributed by atoms with van der Waals surface area (Å²) in [6, 6.07) is 5.41. The van der Waals surface area contributed by atoms with Gasteiger partial charge in [0.25, 0.3) is 5.56 Å². The number of nitrogens with one attached hydrogen (secondary N) is 2. The average molecular weight is 488 g/mol. The fraction of sp³-hybridized carbons (Fsp3) is 0.458. The number of fused-ring (bicyclic) bond motifs is 3. The second kappa shape index (κ2) is 11.1. The largest absolute Gasteiger partial charge is 0.494 e. The minimum atomic E-state index is -0.0973. The van der Waals surface area contributed by atoms with E-state index in [1.807, 2.05) is 19.9 Å². The number of aromatic amines is 1. The van der Waals surface area contributed by atoms with Crippen molar-refractivity contribution in [3.05, 3.63) is 44.8 Å².